The molecular formula is C24H24FeN4O10. The smallest absolute Gasteiger partial charge is 0.333 e. The molecule has 15 heteroatoms. The Hall–Kier alpha value is -4.04. The summed E-state index contributed by atoms with van der Waals surface area (Å²) in [6.07, 6.45) is -0.481. The maximum atomic E-state index is 11.0. The molecule has 0 unspecified atom stereocenters. The summed E-state index contributed by atoms with van der Waals surface area (Å²) >= 11 is 0. The van der Waals surface area contributed by atoms with E-state index in [2.05, 4.69) is 20.0 Å². The predicted molar refractivity (Wildman–Crippen MR) is 128 cm³/mol. The standard InChI is InChI=1S/2C12H12N2O5.Fe/c2*15-10(12(18)19)6-5-8(11(16)17)14-9(6)7-3-1-2-4-13-7;/h2*1-4,6,8,10,15H,5H2,(H,16,17)(H,18,19);/t2*6-,8-,10-;/m10./s1. The van der Waals surface area contributed by atoms with Crippen LogP contribution in [-0.4, -0.2) is 100 Å². The number of hydrogen-bond acceptors (Lipinski definition) is 10. The minimum Gasteiger partial charge on any atom is -0.480 e. The van der Waals surface area contributed by atoms with Gasteiger partial charge in [0.05, 0.1) is 22.8 Å². The van der Waals surface area contributed by atoms with Gasteiger partial charge in [-0.1, -0.05) is 12.1 Å². The first-order chi connectivity index (χ1) is 18.0. The molecule has 208 valence electrons. The second-order valence-electron chi connectivity index (χ2n) is 8.42. The van der Waals surface area contributed by atoms with E-state index in [0.717, 1.165) is 0 Å². The van der Waals surface area contributed by atoms with Crippen LogP contribution in [-0.2, 0) is 36.2 Å². The van der Waals surface area contributed by atoms with Crippen LogP contribution < -0.4 is 0 Å². The zero-order chi connectivity index (χ0) is 28.0. The van der Waals surface area contributed by atoms with Crippen molar-refractivity contribution in [2.75, 3.05) is 0 Å². The van der Waals surface area contributed by atoms with Crippen LogP contribution in [0.5, 0.6) is 0 Å². The van der Waals surface area contributed by atoms with Gasteiger partial charge in [-0.3, -0.25) is 20.0 Å². The van der Waals surface area contributed by atoms with E-state index in [9.17, 15) is 29.4 Å². The SMILES string of the molecule is O=C(O)[C@@H]1C[C@H]([C@H](O)C(=O)O)C(c2ccccn2)=N1.O=C(O)[C@H]1C[C@@H]([C@@H](O)C(=O)O)C(c2ccccn2)=N1.[Fe]. The summed E-state index contributed by atoms with van der Waals surface area (Å²) in [5, 5.41) is 55.0. The Bertz CT molecular complexity index is 1160. The van der Waals surface area contributed by atoms with Gasteiger partial charge in [0.2, 0.25) is 0 Å². The zero-order valence-electron chi connectivity index (χ0n) is 20.0. The van der Waals surface area contributed by atoms with Crippen molar-refractivity contribution in [3.05, 3.63) is 60.2 Å². The molecule has 0 saturated heterocycles. The Morgan fingerprint density at radius 2 is 1.03 bits per heavy atom. The third-order valence-corrected chi connectivity index (χ3v) is 5.94. The number of pyridine rings is 2. The number of carboxylic acid groups (broad SMARTS) is 4. The molecule has 2 aliphatic heterocycles. The van der Waals surface area contributed by atoms with Crippen LogP contribution in [0.2, 0.25) is 0 Å². The van der Waals surface area contributed by atoms with Crippen LogP contribution in [0.25, 0.3) is 0 Å². The van der Waals surface area contributed by atoms with Crippen LogP contribution in [0.4, 0.5) is 0 Å². The number of aliphatic hydroxyl groups is 2. The predicted octanol–water partition coefficient (Wildman–Crippen LogP) is -0.424. The first-order valence-corrected chi connectivity index (χ1v) is 11.3. The minimum absolute atomic E-state index is 0. The van der Waals surface area contributed by atoms with E-state index in [1.54, 1.807) is 36.4 Å². The quantitative estimate of drug-likeness (QED) is 0.217. The molecule has 4 rings (SSSR count). The Morgan fingerprint density at radius 1 is 0.667 bits per heavy atom. The van der Waals surface area contributed by atoms with Crippen LogP contribution in [0.1, 0.15) is 24.2 Å². The summed E-state index contributed by atoms with van der Waals surface area (Å²) in [6.45, 7) is 0. The monoisotopic (exact) mass is 584 g/mol. The van der Waals surface area contributed by atoms with E-state index in [0.29, 0.717) is 11.4 Å². The molecule has 6 N–H and O–H groups in total. The summed E-state index contributed by atoms with van der Waals surface area (Å²) in [5.74, 6) is -6.83. The molecule has 0 bridgehead atoms. The first-order valence-electron chi connectivity index (χ1n) is 11.3. The van der Waals surface area contributed by atoms with Crippen molar-refractivity contribution < 1.29 is 66.9 Å². The van der Waals surface area contributed by atoms with Crippen LogP contribution in [0, 0.1) is 11.8 Å². The third kappa shape index (κ3) is 7.51. The van der Waals surface area contributed by atoms with Crippen molar-refractivity contribution in [3.63, 3.8) is 0 Å². The van der Waals surface area contributed by atoms with Gasteiger partial charge in [-0.15, -0.1) is 0 Å². The fourth-order valence-electron chi connectivity index (χ4n) is 4.09. The van der Waals surface area contributed by atoms with Gasteiger partial charge in [-0.2, -0.15) is 0 Å². The third-order valence-electron chi connectivity index (χ3n) is 5.94. The molecule has 0 aromatic carbocycles. The van der Waals surface area contributed by atoms with Crippen molar-refractivity contribution in [3.8, 4) is 0 Å². The number of aliphatic imine (C=N–C) groups is 2. The molecule has 14 nitrogen and oxygen atoms in total. The summed E-state index contributed by atoms with van der Waals surface area (Å²) < 4.78 is 0. The molecule has 4 heterocycles. The van der Waals surface area contributed by atoms with Gasteiger partial charge in [0, 0.05) is 41.3 Å². The Labute approximate surface area is 231 Å². The average Bonchev–Trinajstić information content (AvgIpc) is 3.55. The summed E-state index contributed by atoms with van der Waals surface area (Å²) in [5.41, 5.74) is 1.22. The summed E-state index contributed by atoms with van der Waals surface area (Å²) in [4.78, 5) is 59.6. The molecule has 0 fully saturated rings. The molecule has 2 aromatic heterocycles. The molecule has 2 aromatic rings. The van der Waals surface area contributed by atoms with E-state index >= 15 is 0 Å². The van der Waals surface area contributed by atoms with Crippen LogP contribution in [0.3, 0.4) is 0 Å². The minimum atomic E-state index is -1.69. The molecule has 0 amide bonds. The van der Waals surface area contributed by atoms with Gasteiger partial charge in [-0.25, -0.2) is 19.2 Å². The number of rotatable bonds is 8. The maximum absolute atomic E-state index is 11.0. The number of carbonyl (C=O) groups is 4. The van der Waals surface area contributed by atoms with Crippen LogP contribution in [0.15, 0.2) is 58.8 Å². The molecule has 0 saturated carbocycles. The second-order valence-corrected chi connectivity index (χ2v) is 8.42. The van der Waals surface area contributed by atoms with Gasteiger partial charge >= 0.3 is 23.9 Å². The second kappa shape index (κ2) is 13.7. The van der Waals surface area contributed by atoms with E-state index in [1.165, 1.54) is 12.4 Å². The Kier molecular flexibility index (Phi) is 10.9. The van der Waals surface area contributed by atoms with E-state index < -0.39 is 60.0 Å². The molecule has 6 atom stereocenters. The molecule has 39 heavy (non-hydrogen) atoms. The first kappa shape index (κ1) is 31.2. The van der Waals surface area contributed by atoms with Gasteiger partial charge in [0.1, 0.15) is 12.1 Å². The van der Waals surface area contributed by atoms with Crippen molar-refractivity contribution >= 4 is 35.3 Å². The van der Waals surface area contributed by atoms with Gasteiger partial charge in [0.25, 0.3) is 0 Å². The number of aliphatic carboxylic acids is 4. The zero-order valence-corrected chi connectivity index (χ0v) is 21.1. The van der Waals surface area contributed by atoms with E-state index in [4.69, 9.17) is 20.4 Å². The summed E-state index contributed by atoms with van der Waals surface area (Å²) in [7, 11) is 0. The normalized spacial score (nSPS) is 23.1. The van der Waals surface area contributed by atoms with Gasteiger partial charge in [0.15, 0.2) is 12.2 Å². The fourth-order valence-corrected chi connectivity index (χ4v) is 4.09. The molecular weight excluding hydrogens is 560 g/mol. The van der Waals surface area contributed by atoms with Crippen LogP contribution >= 0.6 is 0 Å². The number of carboxylic acids is 4. The Morgan fingerprint density at radius 3 is 1.28 bits per heavy atom. The number of nitrogens with zero attached hydrogens (tertiary/aromatic N) is 4. The van der Waals surface area contributed by atoms with E-state index in [1.807, 2.05) is 0 Å². The number of aromatic nitrogens is 2. The average molecular weight is 584 g/mol. The topological polar surface area (TPSA) is 240 Å². The molecule has 0 aliphatic carbocycles. The van der Waals surface area contributed by atoms with Gasteiger partial charge in [-0.05, 0) is 37.1 Å². The maximum Gasteiger partial charge on any atom is 0.333 e. The van der Waals surface area contributed by atoms with E-state index in [-0.39, 0.29) is 41.3 Å². The molecule has 0 spiro atoms. The van der Waals surface area contributed by atoms with Crippen molar-refractivity contribution in [2.45, 2.75) is 37.1 Å². The summed E-state index contributed by atoms with van der Waals surface area (Å²) in [6, 6.07) is 7.83. The Balaban J connectivity index is 0.000000267. The molecule has 0 radical (unpaired) electrons. The largest absolute Gasteiger partial charge is 0.480 e. The van der Waals surface area contributed by atoms with Crippen molar-refractivity contribution in [1.82, 2.24) is 9.97 Å². The van der Waals surface area contributed by atoms with Gasteiger partial charge < -0.3 is 30.6 Å². The molecule has 2 aliphatic rings. The van der Waals surface area contributed by atoms with Crippen molar-refractivity contribution in [1.29, 1.82) is 0 Å². The number of hydrogen-bond donors (Lipinski definition) is 6. The fraction of sp³-hybridized carbons (Fsp3) is 0.333. The number of aliphatic hydroxyl groups excluding tert-OH is 2. The van der Waals surface area contributed by atoms with Crippen molar-refractivity contribution in [2.24, 2.45) is 21.8 Å².